The number of hydrogen-bond acceptors (Lipinski definition) is 3. The molecule has 0 radical (unpaired) electrons. The maximum atomic E-state index is 12.8. The number of Topliss-reactive ketones (excluding diaryl/α,β-unsaturated/α-hetero) is 1. The Labute approximate surface area is 82.6 Å². The Hall–Kier alpha value is -0.520. The maximum Gasteiger partial charge on any atom is 0.400 e. The highest BCUT2D eigenvalue weighted by atomic mass is 79.9. The largest absolute Gasteiger partial charge is 0.461 e. The van der Waals surface area contributed by atoms with Crippen molar-refractivity contribution in [1.82, 2.24) is 0 Å². The van der Waals surface area contributed by atoms with Gasteiger partial charge in [0.2, 0.25) is 5.78 Å². The summed E-state index contributed by atoms with van der Waals surface area (Å²) in [5.41, 5.74) is 0. The van der Waals surface area contributed by atoms with Crippen LogP contribution in [0.5, 0.6) is 0 Å². The molecule has 0 aliphatic heterocycles. The quantitative estimate of drug-likeness (QED) is 0.437. The second kappa shape index (κ2) is 4.64. The molecule has 0 saturated heterocycles. The predicted molar refractivity (Wildman–Crippen MR) is 45.0 cm³/mol. The van der Waals surface area contributed by atoms with Gasteiger partial charge in [0.1, 0.15) is 0 Å². The molecule has 1 unspecified atom stereocenters. The van der Waals surface area contributed by atoms with Gasteiger partial charge in [0.25, 0.3) is 0 Å². The van der Waals surface area contributed by atoms with E-state index in [0.29, 0.717) is 0 Å². The lowest BCUT2D eigenvalue weighted by molar-refractivity contribution is -0.176. The average Bonchev–Trinajstić information content (AvgIpc) is 2.03. The molecule has 0 bridgehead atoms. The van der Waals surface area contributed by atoms with Crippen LogP contribution >= 0.6 is 15.9 Å². The molecular formula is C7H9BrF2O3. The van der Waals surface area contributed by atoms with E-state index in [4.69, 9.17) is 0 Å². The highest BCUT2D eigenvalue weighted by molar-refractivity contribution is 9.10. The van der Waals surface area contributed by atoms with Gasteiger partial charge in [-0.05, 0) is 13.8 Å². The van der Waals surface area contributed by atoms with Crippen LogP contribution in [0.25, 0.3) is 0 Å². The molecule has 6 heteroatoms. The van der Waals surface area contributed by atoms with Crippen LogP contribution in [0.4, 0.5) is 8.78 Å². The minimum absolute atomic E-state index is 0.182. The first kappa shape index (κ1) is 12.5. The number of carbonyl (C=O) groups excluding carboxylic acids is 2. The zero-order valence-electron chi connectivity index (χ0n) is 7.14. The highest BCUT2D eigenvalue weighted by Gasteiger charge is 2.49. The lowest BCUT2D eigenvalue weighted by atomic mass is 10.2. The fourth-order valence-electron chi connectivity index (χ4n) is 0.572. The Balaban J connectivity index is 4.55. The Bertz CT molecular complexity index is 216. The van der Waals surface area contributed by atoms with Crippen molar-refractivity contribution in [2.45, 2.75) is 24.6 Å². The van der Waals surface area contributed by atoms with Crippen LogP contribution in [0.15, 0.2) is 0 Å². The van der Waals surface area contributed by atoms with Crippen molar-refractivity contribution in [2.75, 3.05) is 6.61 Å². The lowest BCUT2D eigenvalue weighted by Gasteiger charge is -2.14. The summed E-state index contributed by atoms with van der Waals surface area (Å²) in [4.78, 5) is 20.3. The van der Waals surface area contributed by atoms with Gasteiger partial charge in [-0.15, -0.1) is 0 Å². The van der Waals surface area contributed by atoms with Gasteiger partial charge in [0, 0.05) is 0 Å². The smallest absolute Gasteiger partial charge is 0.400 e. The molecule has 0 rings (SSSR count). The van der Waals surface area contributed by atoms with Crippen molar-refractivity contribution < 1.29 is 23.1 Å². The average molecular weight is 259 g/mol. The molecule has 3 nitrogen and oxygen atoms in total. The van der Waals surface area contributed by atoms with Gasteiger partial charge in [-0.2, -0.15) is 8.78 Å². The lowest BCUT2D eigenvalue weighted by Crippen LogP contribution is -2.42. The fraction of sp³-hybridized carbons (Fsp3) is 0.714. The van der Waals surface area contributed by atoms with E-state index in [-0.39, 0.29) is 6.61 Å². The Kier molecular flexibility index (Phi) is 4.46. The molecule has 0 aromatic rings. The summed E-state index contributed by atoms with van der Waals surface area (Å²) in [6, 6.07) is 0. The van der Waals surface area contributed by atoms with Gasteiger partial charge >= 0.3 is 11.9 Å². The van der Waals surface area contributed by atoms with Gasteiger partial charge in [0.05, 0.1) is 11.4 Å². The molecule has 0 amide bonds. The molecule has 0 spiro atoms. The van der Waals surface area contributed by atoms with Crippen LogP contribution in [0.2, 0.25) is 0 Å². The van der Waals surface area contributed by atoms with Crippen molar-refractivity contribution in [1.29, 1.82) is 0 Å². The zero-order valence-corrected chi connectivity index (χ0v) is 8.73. The maximum absolute atomic E-state index is 12.8. The van der Waals surface area contributed by atoms with E-state index < -0.39 is 22.5 Å². The molecular weight excluding hydrogens is 250 g/mol. The van der Waals surface area contributed by atoms with Crippen molar-refractivity contribution in [3.05, 3.63) is 0 Å². The van der Waals surface area contributed by atoms with Crippen LogP contribution in [-0.2, 0) is 14.3 Å². The van der Waals surface area contributed by atoms with Gasteiger partial charge in [-0.25, -0.2) is 4.79 Å². The molecule has 0 heterocycles. The first-order valence-corrected chi connectivity index (χ1v) is 4.49. The third-order valence-electron chi connectivity index (χ3n) is 1.20. The molecule has 0 aromatic carbocycles. The molecule has 0 aliphatic carbocycles. The number of alkyl halides is 3. The van der Waals surface area contributed by atoms with Crippen molar-refractivity contribution >= 4 is 27.7 Å². The topological polar surface area (TPSA) is 43.4 Å². The van der Waals surface area contributed by atoms with Crippen molar-refractivity contribution in [3.63, 3.8) is 0 Å². The second-order valence-electron chi connectivity index (χ2n) is 2.28. The van der Waals surface area contributed by atoms with Gasteiger partial charge in [0.15, 0.2) is 0 Å². The summed E-state index contributed by atoms with van der Waals surface area (Å²) in [7, 11) is 0. The molecule has 0 fully saturated rings. The Morgan fingerprint density at radius 1 is 1.54 bits per heavy atom. The van der Waals surface area contributed by atoms with E-state index in [9.17, 15) is 18.4 Å². The highest BCUT2D eigenvalue weighted by Crippen LogP contribution is 2.21. The van der Waals surface area contributed by atoms with Crippen molar-refractivity contribution in [2.24, 2.45) is 0 Å². The summed E-state index contributed by atoms with van der Waals surface area (Å²) in [6.07, 6.45) is 0. The Morgan fingerprint density at radius 3 is 2.31 bits per heavy atom. The standard InChI is InChI=1S/C7H9BrF2O3/c1-3-13-6(12)7(9,10)5(11)4(2)8/h4H,3H2,1-2H3. The molecule has 0 saturated carbocycles. The fourth-order valence-corrected chi connectivity index (χ4v) is 0.860. The van der Waals surface area contributed by atoms with Crippen molar-refractivity contribution in [3.8, 4) is 0 Å². The van der Waals surface area contributed by atoms with E-state index >= 15 is 0 Å². The third-order valence-corrected chi connectivity index (χ3v) is 1.62. The summed E-state index contributed by atoms with van der Waals surface area (Å²) in [6.45, 7) is 2.42. The summed E-state index contributed by atoms with van der Waals surface area (Å²) < 4.78 is 29.6. The third kappa shape index (κ3) is 3.02. The summed E-state index contributed by atoms with van der Waals surface area (Å²) in [5.74, 6) is -7.35. The first-order valence-electron chi connectivity index (χ1n) is 3.57. The second-order valence-corrected chi connectivity index (χ2v) is 3.65. The van der Waals surface area contributed by atoms with Crippen LogP contribution in [0.3, 0.4) is 0 Å². The van der Waals surface area contributed by atoms with E-state index in [1.165, 1.54) is 13.8 Å². The van der Waals surface area contributed by atoms with Gasteiger partial charge in [-0.3, -0.25) is 4.79 Å². The molecule has 1 atom stereocenters. The predicted octanol–water partition coefficient (Wildman–Crippen LogP) is 1.54. The molecule has 0 aromatic heterocycles. The van der Waals surface area contributed by atoms with E-state index in [1.807, 2.05) is 0 Å². The number of rotatable bonds is 4. The number of carbonyl (C=O) groups is 2. The van der Waals surface area contributed by atoms with Crippen LogP contribution in [0, 0.1) is 0 Å². The first-order chi connectivity index (χ1) is 5.84. The van der Waals surface area contributed by atoms with E-state index in [1.54, 1.807) is 0 Å². The minimum atomic E-state index is -4.06. The number of ketones is 1. The Morgan fingerprint density at radius 2 is 2.00 bits per heavy atom. The number of hydrogen-bond donors (Lipinski definition) is 0. The molecule has 0 N–H and O–H groups in total. The van der Waals surface area contributed by atoms with Gasteiger partial charge in [-0.1, -0.05) is 15.9 Å². The van der Waals surface area contributed by atoms with Crippen LogP contribution < -0.4 is 0 Å². The summed E-state index contributed by atoms with van der Waals surface area (Å²) in [5, 5.41) is 0. The zero-order chi connectivity index (χ0) is 10.6. The SMILES string of the molecule is CCOC(=O)C(F)(F)C(=O)C(C)Br. The molecule has 13 heavy (non-hydrogen) atoms. The van der Waals surface area contributed by atoms with E-state index in [2.05, 4.69) is 20.7 Å². The van der Waals surface area contributed by atoms with E-state index in [0.717, 1.165) is 0 Å². The normalized spacial score (nSPS) is 13.6. The number of ether oxygens (including phenoxy) is 1. The van der Waals surface area contributed by atoms with Crippen LogP contribution in [0.1, 0.15) is 13.8 Å². The van der Waals surface area contributed by atoms with Gasteiger partial charge < -0.3 is 4.74 Å². The monoisotopic (exact) mass is 258 g/mol. The number of halogens is 3. The minimum Gasteiger partial charge on any atom is -0.461 e. The van der Waals surface area contributed by atoms with Crippen LogP contribution in [-0.4, -0.2) is 29.1 Å². The summed E-state index contributed by atoms with van der Waals surface area (Å²) >= 11 is 2.66. The molecule has 0 aliphatic rings. The molecule has 76 valence electrons. The number of esters is 1.